The van der Waals surface area contributed by atoms with Crippen molar-refractivity contribution in [1.82, 2.24) is 0 Å². The Labute approximate surface area is 104 Å². The molecule has 3 rings (SSSR count). The van der Waals surface area contributed by atoms with E-state index in [4.69, 9.17) is 0 Å². The molecular formula is C16H22N+. The lowest BCUT2D eigenvalue weighted by Gasteiger charge is -2.31. The Morgan fingerprint density at radius 1 is 1.12 bits per heavy atom. The fraction of sp³-hybridized carbons (Fsp3) is 0.562. The highest BCUT2D eigenvalue weighted by Crippen LogP contribution is 2.48. The largest absolute Gasteiger partial charge is 0.209 e. The molecule has 1 heterocycles. The molecule has 0 aromatic heterocycles. The monoisotopic (exact) mass is 228 g/mol. The van der Waals surface area contributed by atoms with E-state index in [0.29, 0.717) is 5.41 Å². The maximum Gasteiger partial charge on any atom is 0.209 e. The van der Waals surface area contributed by atoms with Crippen molar-refractivity contribution in [3.63, 3.8) is 0 Å². The minimum atomic E-state index is 0.380. The molecule has 0 radical (unpaired) electrons. The number of hydrogen-bond acceptors (Lipinski definition) is 0. The van der Waals surface area contributed by atoms with Crippen LogP contribution in [0.25, 0.3) is 0 Å². The number of para-hydroxylation sites is 1. The zero-order valence-corrected chi connectivity index (χ0v) is 11.0. The molecule has 0 amide bonds. The number of benzene rings is 1. The predicted octanol–water partition coefficient (Wildman–Crippen LogP) is 4.03. The molecule has 1 aromatic rings. The summed E-state index contributed by atoms with van der Waals surface area (Å²) in [5.41, 5.74) is 5.04. The third-order valence-electron chi connectivity index (χ3n) is 4.83. The van der Waals surface area contributed by atoms with Gasteiger partial charge in [-0.2, -0.15) is 4.58 Å². The molecule has 1 nitrogen and oxygen atoms in total. The zero-order valence-electron chi connectivity index (χ0n) is 11.0. The van der Waals surface area contributed by atoms with E-state index in [9.17, 15) is 0 Å². The molecule has 17 heavy (non-hydrogen) atoms. The molecule has 1 heteroatoms. The van der Waals surface area contributed by atoms with Gasteiger partial charge in [-0.25, -0.2) is 0 Å². The summed E-state index contributed by atoms with van der Waals surface area (Å²) in [6.45, 7) is 5.72. The van der Waals surface area contributed by atoms with Crippen LogP contribution in [0.4, 0.5) is 5.69 Å². The summed E-state index contributed by atoms with van der Waals surface area (Å²) in [5, 5.41) is 0. The number of rotatable bonds is 1. The summed E-state index contributed by atoms with van der Waals surface area (Å²) in [6, 6.07) is 9.05. The van der Waals surface area contributed by atoms with Gasteiger partial charge < -0.3 is 0 Å². The fourth-order valence-electron chi connectivity index (χ4n) is 3.94. The van der Waals surface area contributed by atoms with Crippen molar-refractivity contribution in [2.75, 3.05) is 6.54 Å². The lowest BCUT2D eigenvalue weighted by Crippen LogP contribution is -2.35. The van der Waals surface area contributed by atoms with E-state index >= 15 is 0 Å². The molecule has 0 atom stereocenters. The van der Waals surface area contributed by atoms with Gasteiger partial charge in [0.2, 0.25) is 5.69 Å². The van der Waals surface area contributed by atoms with Crippen LogP contribution in [-0.4, -0.2) is 16.8 Å². The highest BCUT2D eigenvalue weighted by molar-refractivity contribution is 5.94. The molecule has 1 aromatic carbocycles. The fourth-order valence-corrected chi connectivity index (χ4v) is 3.94. The van der Waals surface area contributed by atoms with E-state index in [0.717, 1.165) is 6.54 Å². The molecular weight excluding hydrogens is 206 g/mol. The second-order valence-corrected chi connectivity index (χ2v) is 5.49. The summed E-state index contributed by atoms with van der Waals surface area (Å²) >= 11 is 0. The van der Waals surface area contributed by atoms with Gasteiger partial charge in [-0.05, 0) is 19.8 Å². The first-order valence-corrected chi connectivity index (χ1v) is 7.01. The van der Waals surface area contributed by atoms with Crippen LogP contribution >= 0.6 is 0 Å². The molecule has 1 saturated carbocycles. The average Bonchev–Trinajstić information content (AvgIpc) is 2.61. The van der Waals surface area contributed by atoms with Gasteiger partial charge in [0, 0.05) is 18.6 Å². The van der Waals surface area contributed by atoms with Gasteiger partial charge in [-0.15, -0.1) is 0 Å². The van der Waals surface area contributed by atoms with Gasteiger partial charge >= 0.3 is 0 Å². The zero-order chi connectivity index (χ0) is 11.9. The Morgan fingerprint density at radius 3 is 2.53 bits per heavy atom. The van der Waals surface area contributed by atoms with E-state index in [-0.39, 0.29) is 0 Å². The van der Waals surface area contributed by atoms with Crippen molar-refractivity contribution in [1.29, 1.82) is 0 Å². The predicted molar refractivity (Wildman–Crippen MR) is 72.3 cm³/mol. The quantitative estimate of drug-likeness (QED) is 0.638. The molecule has 0 saturated heterocycles. The smallest absolute Gasteiger partial charge is 0.199 e. The third kappa shape index (κ3) is 1.41. The summed E-state index contributed by atoms with van der Waals surface area (Å²) in [7, 11) is 0. The molecule has 1 aliphatic heterocycles. The Bertz CT molecular complexity index is 464. The van der Waals surface area contributed by atoms with Crippen molar-refractivity contribution in [3.05, 3.63) is 29.8 Å². The lowest BCUT2D eigenvalue weighted by atomic mass is 9.68. The number of hydrogen-bond donors (Lipinski definition) is 0. The average molecular weight is 228 g/mol. The van der Waals surface area contributed by atoms with Gasteiger partial charge in [-0.3, -0.25) is 0 Å². The lowest BCUT2D eigenvalue weighted by molar-refractivity contribution is -0.434. The van der Waals surface area contributed by atoms with Crippen LogP contribution in [0, 0.1) is 0 Å². The minimum absolute atomic E-state index is 0.380. The summed E-state index contributed by atoms with van der Waals surface area (Å²) in [6.07, 6.45) is 6.91. The molecule has 0 unspecified atom stereocenters. The Hall–Kier alpha value is -1.11. The highest BCUT2D eigenvalue weighted by atomic mass is 15.1. The third-order valence-corrected chi connectivity index (χ3v) is 4.83. The first-order chi connectivity index (χ1) is 8.29. The van der Waals surface area contributed by atoms with Crippen molar-refractivity contribution in [3.8, 4) is 0 Å². The van der Waals surface area contributed by atoms with Crippen molar-refractivity contribution >= 4 is 11.4 Å². The number of fused-ring (bicyclic) bond motifs is 2. The van der Waals surface area contributed by atoms with Crippen molar-refractivity contribution < 1.29 is 4.58 Å². The van der Waals surface area contributed by atoms with Gasteiger partial charge in [0.1, 0.15) is 6.54 Å². The van der Waals surface area contributed by atoms with Crippen LogP contribution in [0.15, 0.2) is 24.3 Å². The molecule has 90 valence electrons. The maximum atomic E-state index is 2.53. The minimum Gasteiger partial charge on any atom is -0.199 e. The van der Waals surface area contributed by atoms with E-state index in [1.807, 2.05) is 0 Å². The van der Waals surface area contributed by atoms with Gasteiger partial charge in [0.15, 0.2) is 5.71 Å². The first kappa shape index (κ1) is 11.0. The van der Waals surface area contributed by atoms with Crippen molar-refractivity contribution in [2.24, 2.45) is 0 Å². The second-order valence-electron chi connectivity index (χ2n) is 5.49. The Kier molecular flexibility index (Phi) is 2.57. The van der Waals surface area contributed by atoms with Crippen LogP contribution in [0.3, 0.4) is 0 Å². The summed E-state index contributed by atoms with van der Waals surface area (Å²) in [4.78, 5) is 0. The van der Waals surface area contributed by atoms with Crippen LogP contribution in [0.1, 0.15) is 51.5 Å². The van der Waals surface area contributed by atoms with E-state index in [1.54, 1.807) is 11.3 Å². The van der Waals surface area contributed by atoms with E-state index in [1.165, 1.54) is 37.8 Å². The standard InChI is InChI=1S/C16H22N/c1-3-17-13(2)16(11-7-4-8-12-16)14-9-5-6-10-15(14)17/h5-6,9-10H,3-4,7-8,11-12H2,1-2H3/q+1. The normalized spacial score (nSPS) is 22.0. The number of nitrogens with zero attached hydrogens (tertiary/aromatic N) is 1. The highest BCUT2D eigenvalue weighted by Gasteiger charge is 2.49. The Morgan fingerprint density at radius 2 is 1.82 bits per heavy atom. The summed E-state index contributed by atoms with van der Waals surface area (Å²) < 4.78 is 2.53. The Balaban J connectivity index is 2.19. The molecule has 2 aliphatic rings. The van der Waals surface area contributed by atoms with Crippen LogP contribution in [0.2, 0.25) is 0 Å². The van der Waals surface area contributed by atoms with Gasteiger partial charge in [0.05, 0.1) is 5.41 Å². The van der Waals surface area contributed by atoms with Crippen molar-refractivity contribution in [2.45, 2.75) is 51.4 Å². The summed E-state index contributed by atoms with van der Waals surface area (Å²) in [5.74, 6) is 0. The van der Waals surface area contributed by atoms with Crippen LogP contribution < -0.4 is 0 Å². The SMILES string of the molecule is CC[N+]1=C(C)C2(CCCCC2)c2ccccc21. The molecule has 0 N–H and O–H groups in total. The van der Waals surface area contributed by atoms with Gasteiger partial charge in [0.25, 0.3) is 0 Å². The second kappa shape index (κ2) is 3.97. The van der Waals surface area contributed by atoms with Crippen LogP contribution in [-0.2, 0) is 5.41 Å². The molecule has 1 spiro atoms. The van der Waals surface area contributed by atoms with Crippen LogP contribution in [0.5, 0.6) is 0 Å². The van der Waals surface area contributed by atoms with Gasteiger partial charge in [-0.1, -0.05) is 37.5 Å². The van der Waals surface area contributed by atoms with E-state index in [2.05, 4.69) is 42.7 Å². The molecule has 1 aliphatic carbocycles. The molecule has 0 bridgehead atoms. The molecule has 1 fully saturated rings. The first-order valence-electron chi connectivity index (χ1n) is 7.01. The van der Waals surface area contributed by atoms with E-state index < -0.39 is 0 Å². The topological polar surface area (TPSA) is 3.01 Å². The maximum absolute atomic E-state index is 2.53.